The van der Waals surface area contributed by atoms with Crippen LogP contribution in [0.2, 0.25) is 0 Å². The van der Waals surface area contributed by atoms with Gasteiger partial charge in [-0.15, -0.1) is 0 Å². The molecule has 0 bridgehead atoms. The van der Waals surface area contributed by atoms with E-state index >= 15 is 0 Å². The van der Waals surface area contributed by atoms with Crippen molar-refractivity contribution in [1.82, 2.24) is 0 Å². The van der Waals surface area contributed by atoms with Gasteiger partial charge in [0, 0.05) is 4.47 Å². The Morgan fingerprint density at radius 3 is 2.42 bits per heavy atom. The van der Waals surface area contributed by atoms with Gasteiger partial charge < -0.3 is 0 Å². The van der Waals surface area contributed by atoms with Crippen LogP contribution in [0.4, 0.5) is 0 Å². The van der Waals surface area contributed by atoms with Gasteiger partial charge in [-0.2, -0.15) is 5.26 Å². The second kappa shape index (κ2) is 4.40. The highest BCUT2D eigenvalue weighted by molar-refractivity contribution is 9.24. The van der Waals surface area contributed by atoms with Gasteiger partial charge in [0.15, 0.2) is 0 Å². The average Bonchev–Trinajstić information content (AvgIpc) is 2.03. The van der Waals surface area contributed by atoms with Gasteiger partial charge in [-0.25, -0.2) is 0 Å². The number of alkyl halides is 2. The summed E-state index contributed by atoms with van der Waals surface area (Å²) in [5, 5.41) is 8.83. The number of nitrogens with zero attached hydrogens (tertiary/aromatic N) is 1. The number of rotatable bonds is 1. The van der Waals surface area contributed by atoms with Gasteiger partial charge in [0.05, 0.1) is 9.30 Å². The molecule has 0 saturated carbocycles. The van der Waals surface area contributed by atoms with Gasteiger partial charge in [0.2, 0.25) is 0 Å². The van der Waals surface area contributed by atoms with E-state index in [4.69, 9.17) is 5.26 Å². The molecular weight excluding hydrogens is 350 g/mol. The molecule has 0 atom stereocenters. The van der Waals surface area contributed by atoms with E-state index in [0.29, 0.717) is 5.56 Å². The highest BCUT2D eigenvalue weighted by Crippen LogP contribution is 2.34. The Bertz CT molecular complexity index is 328. The molecule has 0 unspecified atom stereocenters. The molecule has 0 saturated heterocycles. The molecule has 0 heterocycles. The molecule has 1 aromatic rings. The second-order valence-electron chi connectivity index (χ2n) is 2.12. The SMILES string of the molecule is N#Cc1c(Br)cccc1C(Br)Br. The lowest BCUT2D eigenvalue weighted by Gasteiger charge is -2.05. The summed E-state index contributed by atoms with van der Waals surface area (Å²) in [5.74, 6) is 0. The molecule has 12 heavy (non-hydrogen) atoms. The van der Waals surface area contributed by atoms with Gasteiger partial charge in [0.1, 0.15) is 6.07 Å². The Morgan fingerprint density at radius 1 is 1.33 bits per heavy atom. The normalized spacial score (nSPS) is 9.92. The molecule has 0 aliphatic rings. The quantitative estimate of drug-likeness (QED) is 0.697. The molecule has 0 fully saturated rings. The molecule has 4 heteroatoms. The molecular formula is C8H4Br3N. The first-order chi connectivity index (χ1) is 5.66. The smallest absolute Gasteiger partial charge is 0.101 e. The number of nitriles is 1. The van der Waals surface area contributed by atoms with Crippen LogP contribution in [0.15, 0.2) is 22.7 Å². The molecule has 0 aliphatic heterocycles. The summed E-state index contributed by atoms with van der Waals surface area (Å²) in [5.41, 5.74) is 1.60. The molecule has 0 aromatic heterocycles. The van der Waals surface area contributed by atoms with Crippen molar-refractivity contribution in [2.75, 3.05) is 0 Å². The molecule has 62 valence electrons. The third-order valence-corrected chi connectivity index (χ3v) is 3.04. The van der Waals surface area contributed by atoms with Crippen LogP contribution in [-0.4, -0.2) is 0 Å². The third-order valence-electron chi connectivity index (χ3n) is 1.39. The van der Waals surface area contributed by atoms with Crippen LogP contribution in [-0.2, 0) is 0 Å². The molecule has 0 amide bonds. The van der Waals surface area contributed by atoms with Crippen LogP contribution in [0.25, 0.3) is 0 Å². The molecule has 1 nitrogen and oxygen atoms in total. The van der Waals surface area contributed by atoms with E-state index in [1.165, 1.54) is 0 Å². The second-order valence-corrected chi connectivity index (χ2v) is 6.03. The predicted octanol–water partition coefficient (Wildman–Crippen LogP) is 4.11. The first-order valence-corrected chi connectivity index (χ1v) is 5.76. The molecule has 0 radical (unpaired) electrons. The number of halogens is 3. The van der Waals surface area contributed by atoms with Crippen LogP contribution >= 0.6 is 47.8 Å². The van der Waals surface area contributed by atoms with Crippen molar-refractivity contribution in [3.63, 3.8) is 0 Å². The minimum Gasteiger partial charge on any atom is -0.192 e. The zero-order chi connectivity index (χ0) is 9.14. The van der Waals surface area contributed by atoms with E-state index in [0.717, 1.165) is 10.0 Å². The van der Waals surface area contributed by atoms with Crippen molar-refractivity contribution in [2.24, 2.45) is 0 Å². The van der Waals surface area contributed by atoms with Gasteiger partial charge in [-0.3, -0.25) is 0 Å². The van der Waals surface area contributed by atoms with E-state index in [-0.39, 0.29) is 3.74 Å². The largest absolute Gasteiger partial charge is 0.192 e. The Hall–Kier alpha value is 0.150. The van der Waals surface area contributed by atoms with E-state index in [2.05, 4.69) is 53.9 Å². The lowest BCUT2D eigenvalue weighted by Crippen LogP contribution is -1.88. The minimum atomic E-state index is 0.0251. The van der Waals surface area contributed by atoms with Crippen LogP contribution in [0.3, 0.4) is 0 Å². The van der Waals surface area contributed by atoms with Crippen molar-refractivity contribution in [3.05, 3.63) is 33.8 Å². The molecule has 1 rings (SSSR count). The van der Waals surface area contributed by atoms with E-state index in [1.807, 2.05) is 18.2 Å². The average molecular weight is 354 g/mol. The summed E-state index contributed by atoms with van der Waals surface area (Å²) >= 11 is 10.0. The van der Waals surface area contributed by atoms with Crippen LogP contribution in [0.5, 0.6) is 0 Å². The molecule has 0 N–H and O–H groups in total. The lowest BCUT2D eigenvalue weighted by atomic mass is 10.1. The number of benzene rings is 1. The van der Waals surface area contributed by atoms with Gasteiger partial charge in [0.25, 0.3) is 0 Å². The fraction of sp³-hybridized carbons (Fsp3) is 0.125. The fourth-order valence-corrected chi connectivity index (χ4v) is 2.07. The number of hydrogen-bond acceptors (Lipinski definition) is 1. The third kappa shape index (κ3) is 2.09. The lowest BCUT2D eigenvalue weighted by molar-refractivity contribution is 1.35. The summed E-state index contributed by atoms with van der Waals surface area (Å²) in [6, 6.07) is 7.79. The molecule has 1 aromatic carbocycles. The maximum Gasteiger partial charge on any atom is 0.101 e. The Kier molecular flexibility index (Phi) is 3.76. The van der Waals surface area contributed by atoms with E-state index in [9.17, 15) is 0 Å². The summed E-state index contributed by atoms with van der Waals surface area (Å²) < 4.78 is 0.851. The number of hydrogen-bond donors (Lipinski definition) is 0. The zero-order valence-corrected chi connectivity index (χ0v) is 10.6. The highest BCUT2D eigenvalue weighted by Gasteiger charge is 2.10. The standard InChI is InChI=1S/C8H4Br3N/c9-7-3-1-2-5(8(10)11)6(7)4-12/h1-3,8H. The molecule has 0 aliphatic carbocycles. The van der Waals surface area contributed by atoms with Crippen molar-refractivity contribution < 1.29 is 0 Å². The first kappa shape index (κ1) is 10.2. The van der Waals surface area contributed by atoms with Crippen molar-refractivity contribution >= 4 is 47.8 Å². The van der Waals surface area contributed by atoms with Gasteiger partial charge in [-0.05, 0) is 27.6 Å². The summed E-state index contributed by atoms with van der Waals surface area (Å²) in [4.78, 5) is 0. The Balaban J connectivity index is 3.30. The Morgan fingerprint density at radius 2 is 2.00 bits per heavy atom. The van der Waals surface area contributed by atoms with Gasteiger partial charge in [-0.1, -0.05) is 44.0 Å². The summed E-state index contributed by atoms with van der Waals surface area (Å²) in [6.07, 6.45) is 0. The summed E-state index contributed by atoms with van der Waals surface area (Å²) in [7, 11) is 0. The van der Waals surface area contributed by atoms with Crippen LogP contribution in [0.1, 0.15) is 14.9 Å². The van der Waals surface area contributed by atoms with E-state index < -0.39 is 0 Å². The van der Waals surface area contributed by atoms with Crippen molar-refractivity contribution in [1.29, 1.82) is 5.26 Å². The first-order valence-electron chi connectivity index (χ1n) is 3.13. The fourth-order valence-electron chi connectivity index (χ4n) is 0.841. The highest BCUT2D eigenvalue weighted by atomic mass is 79.9. The summed E-state index contributed by atoms with van der Waals surface area (Å²) in [6.45, 7) is 0. The monoisotopic (exact) mass is 351 g/mol. The maximum atomic E-state index is 8.83. The van der Waals surface area contributed by atoms with Crippen LogP contribution in [0, 0.1) is 11.3 Å². The van der Waals surface area contributed by atoms with E-state index in [1.54, 1.807) is 0 Å². The minimum absolute atomic E-state index is 0.0251. The van der Waals surface area contributed by atoms with Crippen LogP contribution < -0.4 is 0 Å². The Labute approximate surface area is 96.2 Å². The zero-order valence-electron chi connectivity index (χ0n) is 5.89. The maximum absolute atomic E-state index is 8.83. The predicted molar refractivity (Wildman–Crippen MR) is 59.5 cm³/mol. The van der Waals surface area contributed by atoms with Gasteiger partial charge >= 0.3 is 0 Å². The van der Waals surface area contributed by atoms with Crippen molar-refractivity contribution in [2.45, 2.75) is 3.74 Å². The topological polar surface area (TPSA) is 23.8 Å². The molecule has 0 spiro atoms. The van der Waals surface area contributed by atoms with Crippen molar-refractivity contribution in [3.8, 4) is 6.07 Å².